The van der Waals surface area contributed by atoms with Crippen molar-refractivity contribution < 1.29 is 9.47 Å². The molecule has 27 heavy (non-hydrogen) atoms. The Balaban J connectivity index is 2.21. The van der Waals surface area contributed by atoms with Crippen molar-refractivity contribution in [1.29, 1.82) is 0 Å². The van der Waals surface area contributed by atoms with Crippen molar-refractivity contribution in [3.05, 3.63) is 71.8 Å². The Bertz CT molecular complexity index is 1120. The number of fused-ring (bicyclic) bond motifs is 2. The van der Waals surface area contributed by atoms with Crippen LogP contribution in [0.1, 0.15) is 13.8 Å². The van der Waals surface area contributed by atoms with Gasteiger partial charge in [-0.25, -0.2) is 0 Å². The average molecular weight is 377 g/mol. The molecule has 136 valence electrons. The van der Waals surface area contributed by atoms with Gasteiger partial charge in [0.1, 0.15) is 11.5 Å². The Morgan fingerprint density at radius 3 is 1.89 bits per heavy atom. The van der Waals surface area contributed by atoms with Crippen molar-refractivity contribution in [2.45, 2.75) is 13.8 Å². The summed E-state index contributed by atoms with van der Waals surface area (Å²) in [5.41, 5.74) is 2.04. The van der Waals surface area contributed by atoms with Crippen LogP contribution in [0.4, 0.5) is 0 Å². The Morgan fingerprint density at radius 1 is 0.630 bits per heavy atom. The zero-order chi connectivity index (χ0) is 18.8. The molecule has 2 nitrogen and oxygen atoms in total. The van der Waals surface area contributed by atoms with Crippen LogP contribution in [0.3, 0.4) is 0 Å². The van der Waals surface area contributed by atoms with Crippen LogP contribution in [0.25, 0.3) is 32.7 Å². The molecule has 0 aliphatic heterocycles. The topological polar surface area (TPSA) is 18.5 Å². The van der Waals surface area contributed by atoms with Crippen molar-refractivity contribution in [2.75, 3.05) is 13.2 Å². The minimum absolute atomic E-state index is 0.587. The summed E-state index contributed by atoms with van der Waals surface area (Å²) in [6.07, 6.45) is 0. The van der Waals surface area contributed by atoms with Gasteiger partial charge in [0.15, 0.2) is 0 Å². The summed E-state index contributed by atoms with van der Waals surface area (Å²) < 4.78 is 12.3. The lowest BCUT2D eigenvalue weighted by atomic mass is 9.93. The zero-order valence-corrected chi connectivity index (χ0v) is 16.2. The highest BCUT2D eigenvalue weighted by atomic mass is 35.5. The highest BCUT2D eigenvalue weighted by Gasteiger charge is 2.19. The summed E-state index contributed by atoms with van der Waals surface area (Å²) in [5.74, 6) is 1.77. The highest BCUT2D eigenvalue weighted by Crippen LogP contribution is 2.47. The lowest BCUT2D eigenvalue weighted by Crippen LogP contribution is -1.99. The first-order valence-electron chi connectivity index (χ1n) is 9.24. The molecule has 0 radical (unpaired) electrons. The molecule has 4 rings (SSSR count). The first-order valence-corrected chi connectivity index (χ1v) is 9.62. The van der Waals surface area contributed by atoms with E-state index < -0.39 is 0 Å². The fraction of sp³-hybridized carbons (Fsp3) is 0.167. The van der Waals surface area contributed by atoms with Crippen LogP contribution >= 0.6 is 11.6 Å². The molecule has 0 saturated carbocycles. The minimum Gasteiger partial charge on any atom is -0.493 e. The predicted molar refractivity (Wildman–Crippen MR) is 114 cm³/mol. The monoisotopic (exact) mass is 376 g/mol. The average Bonchev–Trinajstić information content (AvgIpc) is 2.70. The van der Waals surface area contributed by atoms with Crippen LogP contribution in [0, 0.1) is 0 Å². The second-order valence-corrected chi connectivity index (χ2v) is 6.69. The van der Waals surface area contributed by atoms with Gasteiger partial charge in [-0.1, -0.05) is 72.3 Å². The fourth-order valence-electron chi connectivity index (χ4n) is 3.64. The van der Waals surface area contributed by atoms with Gasteiger partial charge in [0.25, 0.3) is 0 Å². The van der Waals surface area contributed by atoms with Crippen molar-refractivity contribution in [3.8, 4) is 22.6 Å². The summed E-state index contributed by atoms with van der Waals surface area (Å²) in [5, 5.41) is 4.91. The van der Waals surface area contributed by atoms with E-state index in [1.807, 2.05) is 56.3 Å². The van der Waals surface area contributed by atoms with E-state index in [2.05, 4.69) is 24.3 Å². The standard InChI is InChI=1S/C24H21ClO2/c1-3-26-23-18-11-5-6-12-19(18)24(27-4-2)22-17(13-9-14-20(22)23)16-10-7-8-15-21(16)25/h5-15H,3-4H2,1-2H3. The number of rotatable bonds is 5. The van der Waals surface area contributed by atoms with Crippen LogP contribution in [0.5, 0.6) is 11.5 Å². The third kappa shape index (κ3) is 3.00. The number of hydrogen-bond donors (Lipinski definition) is 0. The number of benzene rings is 4. The fourth-order valence-corrected chi connectivity index (χ4v) is 3.88. The summed E-state index contributed by atoms with van der Waals surface area (Å²) in [7, 11) is 0. The second kappa shape index (κ2) is 7.50. The van der Waals surface area contributed by atoms with Crippen LogP contribution in [-0.4, -0.2) is 13.2 Å². The first-order chi connectivity index (χ1) is 13.3. The molecular weight excluding hydrogens is 356 g/mol. The van der Waals surface area contributed by atoms with Gasteiger partial charge in [-0.2, -0.15) is 0 Å². The largest absolute Gasteiger partial charge is 0.493 e. The molecule has 0 N–H and O–H groups in total. The zero-order valence-electron chi connectivity index (χ0n) is 15.5. The molecule has 0 heterocycles. The van der Waals surface area contributed by atoms with E-state index in [1.165, 1.54) is 0 Å². The third-order valence-electron chi connectivity index (χ3n) is 4.69. The SMILES string of the molecule is CCOc1c2ccccc2c(OCC)c2c(-c3ccccc3Cl)cccc12. The van der Waals surface area contributed by atoms with Gasteiger partial charge in [0.05, 0.1) is 13.2 Å². The smallest absolute Gasteiger partial charge is 0.135 e. The van der Waals surface area contributed by atoms with Gasteiger partial charge < -0.3 is 9.47 Å². The van der Waals surface area contributed by atoms with Crippen molar-refractivity contribution in [2.24, 2.45) is 0 Å². The van der Waals surface area contributed by atoms with Gasteiger partial charge in [-0.05, 0) is 25.5 Å². The summed E-state index contributed by atoms with van der Waals surface area (Å²) >= 11 is 6.54. The number of ether oxygens (including phenoxy) is 2. The van der Waals surface area contributed by atoms with Gasteiger partial charge in [-0.15, -0.1) is 0 Å². The maximum absolute atomic E-state index is 6.54. The van der Waals surface area contributed by atoms with E-state index in [-0.39, 0.29) is 0 Å². The minimum atomic E-state index is 0.587. The Hall–Kier alpha value is -2.71. The van der Waals surface area contributed by atoms with Gasteiger partial charge in [-0.3, -0.25) is 0 Å². The molecule has 0 bridgehead atoms. The van der Waals surface area contributed by atoms with Gasteiger partial charge in [0, 0.05) is 32.1 Å². The van der Waals surface area contributed by atoms with Gasteiger partial charge in [0.2, 0.25) is 0 Å². The Morgan fingerprint density at radius 2 is 1.19 bits per heavy atom. The lowest BCUT2D eigenvalue weighted by molar-refractivity contribution is 0.342. The van der Waals surface area contributed by atoms with E-state index in [0.717, 1.165) is 49.2 Å². The van der Waals surface area contributed by atoms with E-state index in [4.69, 9.17) is 21.1 Å². The Kier molecular flexibility index (Phi) is 4.91. The maximum atomic E-state index is 6.54. The molecule has 3 heteroatoms. The molecule has 0 amide bonds. The van der Waals surface area contributed by atoms with Gasteiger partial charge >= 0.3 is 0 Å². The predicted octanol–water partition coefficient (Wildman–Crippen LogP) is 7.11. The highest BCUT2D eigenvalue weighted by molar-refractivity contribution is 6.34. The molecule has 0 aliphatic carbocycles. The molecular formula is C24H21ClO2. The molecule has 0 fully saturated rings. The molecule has 0 unspecified atom stereocenters. The van der Waals surface area contributed by atoms with Crippen molar-refractivity contribution in [3.63, 3.8) is 0 Å². The number of halogens is 1. The second-order valence-electron chi connectivity index (χ2n) is 6.28. The Labute approximate surface area is 164 Å². The molecule has 0 atom stereocenters. The van der Waals surface area contributed by atoms with E-state index >= 15 is 0 Å². The van der Waals surface area contributed by atoms with E-state index in [0.29, 0.717) is 13.2 Å². The molecule has 0 saturated heterocycles. The third-order valence-corrected chi connectivity index (χ3v) is 5.02. The van der Waals surface area contributed by atoms with Crippen LogP contribution < -0.4 is 9.47 Å². The maximum Gasteiger partial charge on any atom is 0.135 e. The molecule has 4 aromatic rings. The quantitative estimate of drug-likeness (QED) is 0.345. The lowest BCUT2D eigenvalue weighted by Gasteiger charge is -2.19. The van der Waals surface area contributed by atoms with Crippen LogP contribution in [0.15, 0.2) is 66.7 Å². The molecule has 0 aromatic heterocycles. The first kappa shape index (κ1) is 17.7. The van der Waals surface area contributed by atoms with Crippen molar-refractivity contribution in [1.82, 2.24) is 0 Å². The molecule has 0 spiro atoms. The molecule has 4 aromatic carbocycles. The van der Waals surface area contributed by atoms with Crippen molar-refractivity contribution >= 4 is 33.1 Å². The summed E-state index contributed by atoms with van der Waals surface area (Å²) in [6, 6.07) is 22.4. The van der Waals surface area contributed by atoms with E-state index in [1.54, 1.807) is 0 Å². The van der Waals surface area contributed by atoms with E-state index in [9.17, 15) is 0 Å². The van der Waals surface area contributed by atoms with Crippen LogP contribution in [0.2, 0.25) is 5.02 Å². The summed E-state index contributed by atoms with van der Waals surface area (Å²) in [4.78, 5) is 0. The van der Waals surface area contributed by atoms with Crippen LogP contribution in [-0.2, 0) is 0 Å². The normalized spacial score (nSPS) is 11.1. The molecule has 0 aliphatic rings. The number of hydrogen-bond acceptors (Lipinski definition) is 2. The summed E-state index contributed by atoms with van der Waals surface area (Å²) in [6.45, 7) is 5.21.